The molecule has 2 aromatic carbocycles. The molecule has 9 amide bonds. The van der Waals surface area contributed by atoms with Gasteiger partial charge in [0.1, 0.15) is 53.0 Å². The van der Waals surface area contributed by atoms with E-state index in [1.54, 1.807) is 53.0 Å². The summed E-state index contributed by atoms with van der Waals surface area (Å²) in [6, 6.07) is 6.69. The van der Waals surface area contributed by atoms with Crippen LogP contribution < -0.4 is 47.3 Å². The van der Waals surface area contributed by atoms with Crippen LogP contribution in [0.1, 0.15) is 91.5 Å². The second kappa shape index (κ2) is 28.0. The summed E-state index contributed by atoms with van der Waals surface area (Å²) in [5.41, 5.74) is 4.75. The average molecular weight is 1150 g/mol. The molecule has 25 heteroatoms. The largest absolute Gasteiger partial charge is 0.495 e. The van der Waals surface area contributed by atoms with Gasteiger partial charge in [0.2, 0.25) is 17.7 Å². The van der Waals surface area contributed by atoms with Gasteiger partial charge in [-0.3, -0.25) is 39.5 Å². The van der Waals surface area contributed by atoms with E-state index in [9.17, 15) is 48.6 Å². The maximum Gasteiger partial charge on any atom is 0.412 e. The molecule has 2 fully saturated rings. The number of hydrogen-bond acceptors (Lipinski definition) is 16. The number of methoxy groups -OCH3 is 2. The summed E-state index contributed by atoms with van der Waals surface area (Å²) in [7, 11) is 4.53. The molecule has 81 heavy (non-hydrogen) atoms. The normalized spacial score (nSPS) is 26.4. The zero-order valence-electron chi connectivity index (χ0n) is 46.9. The number of rotatable bonds is 20. The van der Waals surface area contributed by atoms with Gasteiger partial charge in [0.05, 0.1) is 18.9 Å². The third-order valence-corrected chi connectivity index (χ3v) is 15.2. The number of alkyl carbamates (subject to hydrolysis) is 1. The van der Waals surface area contributed by atoms with Gasteiger partial charge in [0, 0.05) is 76.0 Å². The minimum atomic E-state index is -1.88. The Morgan fingerprint density at radius 2 is 1.64 bits per heavy atom. The molecular weight excluding hydrogens is 1070 g/mol. The van der Waals surface area contributed by atoms with E-state index in [2.05, 4.69) is 31.9 Å². The Morgan fingerprint density at radius 3 is 2.28 bits per heavy atom. The van der Waals surface area contributed by atoms with Crippen LogP contribution in [-0.4, -0.2) is 151 Å². The zero-order chi connectivity index (χ0) is 59.3. The number of primary amides is 1. The summed E-state index contributed by atoms with van der Waals surface area (Å²) in [5.74, 6) is -3.00. The quantitative estimate of drug-likeness (QED) is 0.0494. The number of aliphatic hydroxyl groups is 2. The van der Waals surface area contributed by atoms with Crippen LogP contribution in [0.5, 0.6) is 5.75 Å². The monoisotopic (exact) mass is 1150 g/mol. The van der Waals surface area contributed by atoms with Crippen LogP contribution in [0.25, 0.3) is 0 Å². The topological polar surface area (TPSA) is 331 Å². The molecule has 0 saturated carbocycles. The van der Waals surface area contributed by atoms with Gasteiger partial charge >= 0.3 is 18.2 Å². The second-order valence-electron chi connectivity index (χ2n) is 21.3. The van der Waals surface area contributed by atoms with Gasteiger partial charge in [-0.1, -0.05) is 62.6 Å². The zero-order valence-corrected chi connectivity index (χ0v) is 47.6. The Kier molecular flexibility index (Phi) is 21.7. The summed E-state index contributed by atoms with van der Waals surface area (Å²) in [6.45, 7) is 9.21. The number of carbonyl (C=O) groups is 8. The lowest BCUT2D eigenvalue weighted by molar-refractivity contribution is -0.142. The van der Waals surface area contributed by atoms with E-state index in [4.69, 9.17) is 41.0 Å². The number of imide groups is 1. The molecule has 0 aliphatic carbocycles. The van der Waals surface area contributed by atoms with Crippen molar-refractivity contribution >= 4 is 76.4 Å². The van der Waals surface area contributed by atoms with Crippen molar-refractivity contribution in [1.82, 2.24) is 26.2 Å². The summed E-state index contributed by atoms with van der Waals surface area (Å²) >= 11 is 6.86. The molecule has 2 saturated heterocycles. The molecule has 10 N–H and O–H groups in total. The van der Waals surface area contributed by atoms with Crippen molar-refractivity contribution in [3.8, 4) is 5.75 Å². The number of benzene rings is 2. The van der Waals surface area contributed by atoms with Gasteiger partial charge in [-0.25, -0.2) is 14.4 Å². The lowest BCUT2D eigenvalue weighted by Crippen LogP contribution is -2.63. The number of fused-ring (bicyclic) bond motifs is 5. The molecule has 4 heterocycles. The van der Waals surface area contributed by atoms with E-state index < -0.39 is 95.9 Å². The van der Waals surface area contributed by atoms with E-state index in [1.807, 2.05) is 19.1 Å². The van der Waals surface area contributed by atoms with Crippen molar-refractivity contribution < 1.29 is 72.3 Å². The smallest absolute Gasteiger partial charge is 0.412 e. The Morgan fingerprint density at radius 1 is 0.963 bits per heavy atom. The Labute approximate surface area is 475 Å². The maximum absolute atomic E-state index is 13.9. The summed E-state index contributed by atoms with van der Waals surface area (Å²) < 4.78 is 29.5. The van der Waals surface area contributed by atoms with Gasteiger partial charge < -0.3 is 65.8 Å². The van der Waals surface area contributed by atoms with Crippen LogP contribution in [0, 0.1) is 11.8 Å². The number of carbonyl (C=O) groups excluding carboxylic acids is 8. The minimum Gasteiger partial charge on any atom is -0.495 e. The van der Waals surface area contributed by atoms with E-state index in [-0.39, 0.29) is 79.3 Å². The Hall–Kier alpha value is -7.25. The third kappa shape index (κ3) is 16.7. The highest BCUT2D eigenvalue weighted by Crippen LogP contribution is 2.49. The number of amides is 9. The first-order valence-corrected chi connectivity index (χ1v) is 27.3. The van der Waals surface area contributed by atoms with Crippen molar-refractivity contribution in [1.29, 1.82) is 0 Å². The molecule has 4 aliphatic heterocycles. The van der Waals surface area contributed by atoms with Crippen LogP contribution in [-0.2, 0) is 49.3 Å². The van der Waals surface area contributed by atoms with Crippen LogP contribution in [0.3, 0.4) is 0 Å². The fourth-order valence-corrected chi connectivity index (χ4v) is 10.4. The van der Waals surface area contributed by atoms with E-state index in [1.165, 1.54) is 55.5 Å². The molecule has 10 atom stereocenters. The number of anilines is 3. The SMILES string of the molecule is COc1cc2cc(c1Cl)N(C)C(O)C[C@H](OC(=O)Nc1ccc(NC(=O)[C@H](CCCNC(N)=O)NC(=O)[C@@H](NC(=O)CCCCCN3C(=O)C=CC3=O)C(C)C)cc1)[C@]1(C)O[C@H]1[C@H](C)[C@@H]1C[C@@](O)(NC(=O)O1)[C@H](OC)/C=C/C=C(\C)C2. The Bertz CT molecular complexity index is 2720. The van der Waals surface area contributed by atoms with Crippen molar-refractivity contribution in [2.24, 2.45) is 17.6 Å². The molecule has 4 aliphatic rings. The van der Waals surface area contributed by atoms with E-state index in [0.717, 1.165) is 16.0 Å². The fourth-order valence-electron chi connectivity index (χ4n) is 10.1. The molecule has 4 bridgehead atoms. The molecular formula is C56H76ClN9O15. The highest BCUT2D eigenvalue weighted by atomic mass is 35.5. The maximum atomic E-state index is 13.9. The number of urea groups is 1. The fraction of sp³-hybridized carbons (Fsp3) is 0.536. The van der Waals surface area contributed by atoms with Crippen LogP contribution in [0.15, 0.2) is 72.4 Å². The summed E-state index contributed by atoms with van der Waals surface area (Å²) in [5, 5.41) is 40.0. The molecule has 1 unspecified atom stereocenters. The average Bonchev–Trinajstić information content (AvgIpc) is 4.06. The molecule has 24 nitrogen and oxygen atoms in total. The van der Waals surface area contributed by atoms with Gasteiger partial charge in [0.15, 0.2) is 5.72 Å². The van der Waals surface area contributed by atoms with Crippen molar-refractivity contribution in [2.75, 3.05) is 49.9 Å². The standard InChI is InChI=1S/C56H76ClN9O15/c1-31(2)48(63-43(67)17-10-9-11-25-66-44(68)22-23-45(66)69)51(72)62-37(15-13-24-59-52(58)73)50(71)60-35-18-20-36(21-19-35)61-53(74)80-42-29-46(70)65(6)38-27-34(28-39(77-7)47(38)57)26-32(3)14-12-16-41(78-8)56(76)30-40(79-54(75)64-56)33(4)49-55(42,5)81-49/h12,14,16,18-23,27-28,31,33,37,40-42,46,48-49,70,76H,9-11,13,15,17,24-26,29-30H2,1-8H3,(H,60,71)(H,61,74)(H,62,72)(H,63,67)(H,64,75)(H3,58,59,73)/b16-12+,32-14+/t33-,37+,40+,41-,42+,46?,48+,49+,55+,56+/m1/s1. The number of nitrogens with one attached hydrogen (secondary N) is 6. The van der Waals surface area contributed by atoms with Gasteiger partial charge in [-0.15, -0.1) is 0 Å². The summed E-state index contributed by atoms with van der Waals surface area (Å²) in [4.78, 5) is 105. The van der Waals surface area contributed by atoms with Crippen molar-refractivity contribution in [3.05, 3.63) is 82.9 Å². The number of allylic oxidation sites excluding steroid dienone is 3. The first-order valence-electron chi connectivity index (χ1n) is 26.9. The first kappa shape index (κ1) is 62.9. The third-order valence-electron chi connectivity index (χ3n) is 14.8. The number of halogens is 1. The minimum absolute atomic E-state index is 0.0651. The lowest BCUT2D eigenvalue weighted by Gasteiger charge is -2.42. The van der Waals surface area contributed by atoms with Crippen LogP contribution in [0.4, 0.5) is 31.4 Å². The van der Waals surface area contributed by atoms with E-state index >= 15 is 0 Å². The number of unbranched alkanes of at least 4 members (excludes halogenated alkanes) is 2. The Balaban J connectivity index is 1.14. The highest BCUT2D eigenvalue weighted by molar-refractivity contribution is 6.34. The number of epoxide rings is 1. The summed E-state index contributed by atoms with van der Waals surface area (Å²) in [6.07, 6.45) is 2.74. The molecule has 0 radical (unpaired) electrons. The number of nitrogens with zero attached hydrogens (tertiary/aromatic N) is 2. The molecule has 0 spiro atoms. The molecule has 2 aromatic rings. The van der Waals surface area contributed by atoms with Gasteiger partial charge in [-0.05, 0) is 93.8 Å². The molecule has 442 valence electrons. The van der Waals surface area contributed by atoms with Crippen molar-refractivity contribution in [3.63, 3.8) is 0 Å². The van der Waals surface area contributed by atoms with Crippen LogP contribution in [0.2, 0.25) is 5.02 Å². The number of ether oxygens (including phenoxy) is 5. The highest BCUT2D eigenvalue weighted by Gasteiger charge is 2.64. The lowest BCUT2D eigenvalue weighted by atomic mass is 9.83. The second-order valence-corrected chi connectivity index (χ2v) is 21.7. The predicted molar refractivity (Wildman–Crippen MR) is 299 cm³/mol. The van der Waals surface area contributed by atoms with Crippen LogP contribution >= 0.6 is 11.6 Å². The number of hydrogen-bond donors (Lipinski definition) is 9. The molecule has 6 rings (SSSR count). The van der Waals surface area contributed by atoms with Gasteiger partial charge in [0.25, 0.3) is 11.8 Å². The molecule has 0 aromatic heterocycles. The number of aliphatic hydroxyl groups excluding tert-OH is 1. The van der Waals surface area contributed by atoms with Crippen molar-refractivity contribution in [2.45, 2.75) is 146 Å². The number of nitrogens with two attached hydrogens (primary N) is 1. The van der Waals surface area contributed by atoms with E-state index in [0.29, 0.717) is 37.1 Å². The predicted octanol–water partition coefficient (Wildman–Crippen LogP) is 4.66. The van der Waals surface area contributed by atoms with Gasteiger partial charge in [-0.2, -0.15) is 0 Å². The first-order chi connectivity index (χ1) is 38.4.